The highest BCUT2D eigenvalue weighted by Crippen LogP contribution is 2.24. The first-order valence-electron chi connectivity index (χ1n) is 7.78. The third-order valence-electron chi connectivity index (χ3n) is 4.16. The second-order valence-corrected chi connectivity index (χ2v) is 5.92. The van der Waals surface area contributed by atoms with Crippen molar-refractivity contribution in [3.63, 3.8) is 0 Å². The first-order valence-corrected chi connectivity index (χ1v) is 7.78. The van der Waals surface area contributed by atoms with Crippen molar-refractivity contribution in [2.75, 3.05) is 7.11 Å². The number of methoxy groups -OCH3 is 1. The summed E-state index contributed by atoms with van der Waals surface area (Å²) >= 11 is 0. The van der Waals surface area contributed by atoms with Gasteiger partial charge in [-0.3, -0.25) is 0 Å². The maximum atomic E-state index is 12.0. The maximum absolute atomic E-state index is 12.0. The van der Waals surface area contributed by atoms with Crippen LogP contribution in [0.15, 0.2) is 12.1 Å². The number of carbonyl (C=O) groups is 1. The van der Waals surface area contributed by atoms with Gasteiger partial charge >= 0.3 is 6.03 Å². The maximum Gasteiger partial charge on any atom is 0.315 e. The van der Waals surface area contributed by atoms with E-state index in [1.54, 1.807) is 7.11 Å². The van der Waals surface area contributed by atoms with Gasteiger partial charge < -0.3 is 15.4 Å². The van der Waals surface area contributed by atoms with E-state index in [1.807, 2.05) is 19.9 Å². The number of amides is 2. The lowest BCUT2D eigenvalue weighted by Gasteiger charge is -2.23. The van der Waals surface area contributed by atoms with Crippen molar-refractivity contribution in [2.24, 2.45) is 0 Å². The zero-order valence-electron chi connectivity index (χ0n) is 13.3. The summed E-state index contributed by atoms with van der Waals surface area (Å²) < 4.78 is 5.42. The number of hydrogen-bond acceptors (Lipinski definition) is 2. The third-order valence-corrected chi connectivity index (χ3v) is 4.16. The number of rotatable bonds is 4. The Labute approximate surface area is 127 Å². The fourth-order valence-electron chi connectivity index (χ4n) is 3.02. The Morgan fingerprint density at radius 1 is 1.24 bits per heavy atom. The van der Waals surface area contributed by atoms with Crippen LogP contribution in [0.25, 0.3) is 0 Å². The van der Waals surface area contributed by atoms with Crippen LogP contribution in [0.3, 0.4) is 0 Å². The Balaban J connectivity index is 1.91. The molecule has 0 aliphatic heterocycles. The molecule has 0 spiro atoms. The van der Waals surface area contributed by atoms with Crippen molar-refractivity contribution < 1.29 is 9.53 Å². The molecule has 0 atom stereocenters. The molecule has 1 fully saturated rings. The summed E-state index contributed by atoms with van der Waals surface area (Å²) in [5, 5.41) is 6.02. The number of ether oxygens (including phenoxy) is 1. The van der Waals surface area contributed by atoms with Crippen molar-refractivity contribution in [3.8, 4) is 5.75 Å². The SMILES string of the molecule is COc1cc(C)cc(C)c1CNC(=O)NC1CCCCC1. The van der Waals surface area contributed by atoms with Crippen LogP contribution in [0.2, 0.25) is 0 Å². The Morgan fingerprint density at radius 2 is 1.95 bits per heavy atom. The van der Waals surface area contributed by atoms with E-state index in [1.165, 1.54) is 24.8 Å². The molecule has 1 saturated carbocycles. The molecule has 0 unspecified atom stereocenters. The monoisotopic (exact) mass is 290 g/mol. The number of aryl methyl sites for hydroxylation is 2. The molecule has 0 heterocycles. The Morgan fingerprint density at radius 3 is 2.62 bits per heavy atom. The van der Waals surface area contributed by atoms with Crippen LogP contribution in [0.1, 0.15) is 48.8 Å². The first-order chi connectivity index (χ1) is 10.1. The highest BCUT2D eigenvalue weighted by atomic mass is 16.5. The molecule has 0 bridgehead atoms. The van der Waals surface area contributed by atoms with Gasteiger partial charge in [-0.05, 0) is 43.9 Å². The summed E-state index contributed by atoms with van der Waals surface area (Å²) in [6.45, 7) is 4.59. The second-order valence-electron chi connectivity index (χ2n) is 5.92. The molecule has 2 amide bonds. The highest BCUT2D eigenvalue weighted by Gasteiger charge is 2.16. The topological polar surface area (TPSA) is 50.4 Å². The van der Waals surface area contributed by atoms with Crippen LogP contribution in [0.5, 0.6) is 5.75 Å². The van der Waals surface area contributed by atoms with E-state index in [4.69, 9.17) is 4.74 Å². The van der Waals surface area contributed by atoms with Gasteiger partial charge in [0.2, 0.25) is 0 Å². The van der Waals surface area contributed by atoms with E-state index in [-0.39, 0.29) is 6.03 Å². The molecule has 21 heavy (non-hydrogen) atoms. The predicted octanol–water partition coefficient (Wildman–Crippen LogP) is 3.44. The summed E-state index contributed by atoms with van der Waals surface area (Å²) in [6.07, 6.45) is 5.92. The van der Waals surface area contributed by atoms with Gasteiger partial charge in [0.25, 0.3) is 0 Å². The molecule has 2 N–H and O–H groups in total. The normalized spacial score (nSPS) is 15.6. The van der Waals surface area contributed by atoms with Crippen LogP contribution in [0.4, 0.5) is 4.79 Å². The number of hydrogen-bond donors (Lipinski definition) is 2. The summed E-state index contributed by atoms with van der Waals surface area (Å²) in [5.74, 6) is 0.838. The van der Waals surface area contributed by atoms with Gasteiger partial charge in [0.1, 0.15) is 5.75 Å². The summed E-state index contributed by atoms with van der Waals surface area (Å²) in [7, 11) is 1.67. The zero-order valence-corrected chi connectivity index (χ0v) is 13.3. The van der Waals surface area contributed by atoms with Crippen LogP contribution in [0, 0.1) is 13.8 Å². The molecule has 1 aromatic carbocycles. The molecule has 116 valence electrons. The van der Waals surface area contributed by atoms with Crippen molar-refractivity contribution >= 4 is 6.03 Å². The molecule has 0 aromatic heterocycles. The Hall–Kier alpha value is -1.71. The average molecular weight is 290 g/mol. The molecule has 2 rings (SSSR count). The molecule has 1 aliphatic rings. The smallest absolute Gasteiger partial charge is 0.315 e. The molecule has 4 heteroatoms. The van der Waals surface area contributed by atoms with Gasteiger partial charge in [-0.15, -0.1) is 0 Å². The largest absolute Gasteiger partial charge is 0.496 e. The fraction of sp³-hybridized carbons (Fsp3) is 0.588. The van der Waals surface area contributed by atoms with E-state index in [2.05, 4.69) is 16.7 Å². The van der Waals surface area contributed by atoms with Crippen LogP contribution < -0.4 is 15.4 Å². The molecule has 0 radical (unpaired) electrons. The van der Waals surface area contributed by atoms with Crippen LogP contribution in [-0.4, -0.2) is 19.2 Å². The van der Waals surface area contributed by atoms with Crippen molar-refractivity contribution in [1.82, 2.24) is 10.6 Å². The molecule has 0 saturated heterocycles. The van der Waals surface area contributed by atoms with Crippen molar-refractivity contribution in [1.29, 1.82) is 0 Å². The number of nitrogens with one attached hydrogen (secondary N) is 2. The van der Waals surface area contributed by atoms with Gasteiger partial charge in [-0.25, -0.2) is 4.79 Å². The number of benzene rings is 1. The van der Waals surface area contributed by atoms with Gasteiger partial charge in [0, 0.05) is 18.2 Å². The van der Waals surface area contributed by atoms with Crippen molar-refractivity contribution in [3.05, 3.63) is 28.8 Å². The van der Waals surface area contributed by atoms with Gasteiger partial charge in [-0.1, -0.05) is 25.3 Å². The Bertz CT molecular complexity index is 494. The Kier molecular flexibility index (Phi) is 5.48. The standard InChI is InChI=1S/C17H26N2O2/c1-12-9-13(2)15(16(10-12)21-3)11-18-17(20)19-14-7-5-4-6-8-14/h9-10,14H,4-8,11H2,1-3H3,(H2,18,19,20). The van der Waals surface area contributed by atoms with E-state index in [9.17, 15) is 4.79 Å². The van der Waals surface area contributed by atoms with Gasteiger partial charge in [0.05, 0.1) is 7.11 Å². The summed E-state index contributed by atoms with van der Waals surface area (Å²) in [5.41, 5.74) is 3.35. The van der Waals surface area contributed by atoms with Crippen molar-refractivity contribution in [2.45, 2.75) is 58.5 Å². The molecular formula is C17H26N2O2. The number of carbonyl (C=O) groups excluding carboxylic acids is 1. The molecule has 1 aromatic rings. The van der Waals surface area contributed by atoms with E-state index >= 15 is 0 Å². The minimum Gasteiger partial charge on any atom is -0.496 e. The predicted molar refractivity (Wildman–Crippen MR) is 84.7 cm³/mol. The minimum atomic E-state index is -0.0797. The zero-order chi connectivity index (χ0) is 15.2. The lowest BCUT2D eigenvalue weighted by molar-refractivity contribution is 0.232. The van der Waals surface area contributed by atoms with E-state index in [0.717, 1.165) is 29.7 Å². The second kappa shape index (κ2) is 7.34. The molecule has 1 aliphatic carbocycles. The van der Waals surface area contributed by atoms with Gasteiger partial charge in [-0.2, -0.15) is 0 Å². The van der Waals surface area contributed by atoms with Crippen LogP contribution >= 0.6 is 0 Å². The quantitative estimate of drug-likeness (QED) is 0.892. The van der Waals surface area contributed by atoms with Gasteiger partial charge in [0.15, 0.2) is 0 Å². The number of urea groups is 1. The lowest BCUT2D eigenvalue weighted by atomic mass is 9.96. The molecule has 4 nitrogen and oxygen atoms in total. The lowest BCUT2D eigenvalue weighted by Crippen LogP contribution is -2.42. The first kappa shape index (κ1) is 15.7. The third kappa shape index (κ3) is 4.38. The molecular weight excluding hydrogens is 264 g/mol. The fourth-order valence-corrected chi connectivity index (χ4v) is 3.02. The highest BCUT2D eigenvalue weighted by molar-refractivity contribution is 5.74. The van der Waals surface area contributed by atoms with Crippen LogP contribution in [-0.2, 0) is 6.54 Å². The van der Waals surface area contributed by atoms with E-state index < -0.39 is 0 Å². The average Bonchev–Trinajstić information content (AvgIpc) is 2.46. The van der Waals surface area contributed by atoms with E-state index in [0.29, 0.717) is 12.6 Å². The minimum absolute atomic E-state index is 0.0797. The summed E-state index contributed by atoms with van der Waals surface area (Å²) in [6, 6.07) is 4.37. The summed E-state index contributed by atoms with van der Waals surface area (Å²) in [4.78, 5) is 12.0.